The van der Waals surface area contributed by atoms with E-state index >= 15 is 0 Å². The number of amides is 1. The first-order valence-electron chi connectivity index (χ1n) is 9.58. The first kappa shape index (κ1) is 19.4. The zero-order valence-electron chi connectivity index (χ0n) is 16.3. The van der Waals surface area contributed by atoms with Crippen LogP contribution in [-0.2, 0) is 6.61 Å². The van der Waals surface area contributed by atoms with Gasteiger partial charge in [-0.25, -0.2) is 0 Å². The quantitative estimate of drug-likeness (QED) is 0.568. The van der Waals surface area contributed by atoms with Crippen molar-refractivity contribution in [3.8, 4) is 11.5 Å². The van der Waals surface area contributed by atoms with E-state index in [-0.39, 0.29) is 11.3 Å². The Labute approximate surface area is 175 Å². The Morgan fingerprint density at radius 3 is 2.45 bits per heavy atom. The third-order valence-corrected chi connectivity index (χ3v) is 6.14. The molecule has 0 saturated carbocycles. The van der Waals surface area contributed by atoms with Gasteiger partial charge in [0.25, 0.3) is 5.91 Å². The van der Waals surface area contributed by atoms with Gasteiger partial charge in [0.1, 0.15) is 12.0 Å². The Morgan fingerprint density at radius 1 is 1.00 bits per heavy atom. The van der Waals surface area contributed by atoms with Gasteiger partial charge in [0.15, 0.2) is 11.5 Å². The third kappa shape index (κ3) is 4.40. The van der Waals surface area contributed by atoms with Gasteiger partial charge in [-0.05, 0) is 35.4 Å². The van der Waals surface area contributed by atoms with E-state index in [9.17, 15) is 4.79 Å². The number of hydrogen-bond acceptors (Lipinski definition) is 4. The molecule has 1 heterocycles. The Balaban J connectivity index is 1.56. The molecule has 1 saturated heterocycles. The molecule has 4 nitrogen and oxygen atoms in total. The summed E-state index contributed by atoms with van der Waals surface area (Å²) in [7, 11) is 1.64. The monoisotopic (exact) mass is 405 g/mol. The predicted molar refractivity (Wildman–Crippen MR) is 116 cm³/mol. The van der Waals surface area contributed by atoms with Gasteiger partial charge in [-0.1, -0.05) is 54.6 Å². The van der Waals surface area contributed by atoms with Crippen LogP contribution < -0.4 is 9.47 Å². The molecule has 148 valence electrons. The standard InChI is InChI=1S/C24H23NO3S/c1-27-21-13-12-20(16-22(21)28-17-18-8-4-2-5-9-18)24-25(14-15-29-24)23(26)19-10-6-3-7-11-19/h2-13,16,24H,14-15,17H2,1H3/t24-/m0/s1. The van der Waals surface area contributed by atoms with Crippen molar-refractivity contribution in [2.24, 2.45) is 0 Å². The minimum atomic E-state index is -0.0345. The second kappa shape index (κ2) is 9.05. The van der Waals surface area contributed by atoms with Crippen molar-refractivity contribution < 1.29 is 14.3 Å². The highest BCUT2D eigenvalue weighted by molar-refractivity contribution is 7.99. The highest BCUT2D eigenvalue weighted by Crippen LogP contribution is 2.41. The summed E-state index contributed by atoms with van der Waals surface area (Å²) in [5, 5.41) is -0.0345. The molecule has 1 fully saturated rings. The van der Waals surface area contributed by atoms with E-state index in [1.54, 1.807) is 18.9 Å². The van der Waals surface area contributed by atoms with Crippen LogP contribution in [0.5, 0.6) is 11.5 Å². The van der Waals surface area contributed by atoms with Crippen LogP contribution >= 0.6 is 11.8 Å². The Bertz CT molecular complexity index is 962. The Kier molecular flexibility index (Phi) is 6.06. The molecule has 1 atom stereocenters. The maximum atomic E-state index is 13.0. The van der Waals surface area contributed by atoms with Crippen LogP contribution in [0.4, 0.5) is 0 Å². The highest BCUT2D eigenvalue weighted by Gasteiger charge is 2.31. The summed E-state index contributed by atoms with van der Waals surface area (Å²) in [6, 6.07) is 25.4. The molecule has 1 aliphatic heterocycles. The average molecular weight is 406 g/mol. The summed E-state index contributed by atoms with van der Waals surface area (Å²) in [6.45, 7) is 1.19. The molecule has 29 heavy (non-hydrogen) atoms. The summed E-state index contributed by atoms with van der Waals surface area (Å²) in [6.07, 6.45) is 0. The first-order chi connectivity index (χ1) is 14.3. The molecule has 4 rings (SSSR count). The molecule has 0 spiro atoms. The molecule has 0 unspecified atom stereocenters. The number of nitrogens with zero attached hydrogens (tertiary/aromatic N) is 1. The molecule has 1 aliphatic rings. The van der Waals surface area contributed by atoms with Crippen molar-refractivity contribution in [3.05, 3.63) is 95.6 Å². The maximum Gasteiger partial charge on any atom is 0.255 e. The molecule has 0 aliphatic carbocycles. The van der Waals surface area contributed by atoms with Crippen LogP contribution in [0, 0.1) is 0 Å². The third-order valence-electron chi connectivity index (χ3n) is 4.88. The van der Waals surface area contributed by atoms with Gasteiger partial charge in [-0.3, -0.25) is 4.79 Å². The van der Waals surface area contributed by atoms with Crippen molar-refractivity contribution >= 4 is 17.7 Å². The highest BCUT2D eigenvalue weighted by atomic mass is 32.2. The van der Waals surface area contributed by atoms with Gasteiger partial charge in [0.2, 0.25) is 0 Å². The topological polar surface area (TPSA) is 38.8 Å². The molecular formula is C24H23NO3S. The van der Waals surface area contributed by atoms with Crippen LogP contribution in [0.25, 0.3) is 0 Å². The van der Waals surface area contributed by atoms with E-state index in [1.807, 2.05) is 83.8 Å². The SMILES string of the molecule is COc1ccc([C@@H]2SCCN2C(=O)c2ccccc2)cc1OCc1ccccc1. The molecule has 0 aromatic heterocycles. The lowest BCUT2D eigenvalue weighted by Crippen LogP contribution is -2.30. The molecule has 0 N–H and O–H groups in total. The first-order valence-corrected chi connectivity index (χ1v) is 10.6. The summed E-state index contributed by atoms with van der Waals surface area (Å²) in [4.78, 5) is 14.9. The number of carbonyl (C=O) groups is 1. The minimum absolute atomic E-state index is 0.0345. The smallest absolute Gasteiger partial charge is 0.255 e. The fourth-order valence-electron chi connectivity index (χ4n) is 3.40. The van der Waals surface area contributed by atoms with Crippen LogP contribution in [0.2, 0.25) is 0 Å². The van der Waals surface area contributed by atoms with E-state index in [4.69, 9.17) is 9.47 Å². The fourth-order valence-corrected chi connectivity index (χ4v) is 4.64. The second-order valence-corrected chi connectivity index (χ2v) is 7.96. The van der Waals surface area contributed by atoms with Gasteiger partial charge in [-0.15, -0.1) is 11.8 Å². The predicted octanol–water partition coefficient (Wildman–Crippen LogP) is 5.16. The number of thioether (sulfide) groups is 1. The summed E-state index contributed by atoms with van der Waals surface area (Å²) >= 11 is 1.77. The molecule has 5 heteroatoms. The number of carbonyl (C=O) groups excluding carboxylic acids is 1. The Morgan fingerprint density at radius 2 is 1.72 bits per heavy atom. The number of methoxy groups -OCH3 is 1. The molecule has 1 amide bonds. The van der Waals surface area contributed by atoms with Crippen LogP contribution in [-0.4, -0.2) is 30.2 Å². The fraction of sp³-hybridized carbons (Fsp3) is 0.208. The lowest BCUT2D eigenvalue weighted by Gasteiger charge is -2.25. The van der Waals surface area contributed by atoms with E-state index in [1.165, 1.54) is 0 Å². The van der Waals surface area contributed by atoms with E-state index in [0.717, 1.165) is 23.4 Å². The lowest BCUT2D eigenvalue weighted by atomic mass is 10.1. The largest absolute Gasteiger partial charge is 0.493 e. The van der Waals surface area contributed by atoms with E-state index < -0.39 is 0 Å². The maximum absolute atomic E-state index is 13.0. The van der Waals surface area contributed by atoms with Crippen LogP contribution in [0.3, 0.4) is 0 Å². The summed E-state index contributed by atoms with van der Waals surface area (Å²) < 4.78 is 11.5. The van der Waals surface area contributed by atoms with Crippen molar-refractivity contribution in [1.82, 2.24) is 4.90 Å². The van der Waals surface area contributed by atoms with Crippen molar-refractivity contribution in [2.75, 3.05) is 19.4 Å². The molecular weight excluding hydrogens is 382 g/mol. The zero-order valence-corrected chi connectivity index (χ0v) is 17.1. The van der Waals surface area contributed by atoms with Crippen LogP contribution in [0.1, 0.15) is 26.9 Å². The minimum Gasteiger partial charge on any atom is -0.493 e. The molecule has 0 radical (unpaired) electrons. The summed E-state index contributed by atoms with van der Waals surface area (Å²) in [5.41, 5.74) is 2.85. The van der Waals surface area contributed by atoms with Gasteiger partial charge in [0, 0.05) is 17.9 Å². The summed E-state index contributed by atoms with van der Waals surface area (Å²) in [5.74, 6) is 2.35. The van der Waals surface area contributed by atoms with Gasteiger partial charge >= 0.3 is 0 Å². The zero-order chi connectivity index (χ0) is 20.1. The van der Waals surface area contributed by atoms with E-state index in [2.05, 4.69) is 0 Å². The van der Waals surface area contributed by atoms with Crippen molar-refractivity contribution in [3.63, 3.8) is 0 Å². The van der Waals surface area contributed by atoms with Crippen molar-refractivity contribution in [1.29, 1.82) is 0 Å². The van der Waals surface area contributed by atoms with Gasteiger partial charge in [-0.2, -0.15) is 0 Å². The van der Waals surface area contributed by atoms with E-state index in [0.29, 0.717) is 23.7 Å². The molecule has 3 aromatic carbocycles. The second-order valence-electron chi connectivity index (χ2n) is 6.77. The number of hydrogen-bond donors (Lipinski definition) is 0. The average Bonchev–Trinajstić information content (AvgIpc) is 3.28. The number of benzene rings is 3. The molecule has 0 bridgehead atoms. The number of rotatable bonds is 6. The Hall–Kier alpha value is -2.92. The van der Waals surface area contributed by atoms with Gasteiger partial charge < -0.3 is 14.4 Å². The van der Waals surface area contributed by atoms with Crippen LogP contribution in [0.15, 0.2) is 78.9 Å². The molecule has 3 aromatic rings. The number of ether oxygens (including phenoxy) is 2. The van der Waals surface area contributed by atoms with Gasteiger partial charge in [0.05, 0.1) is 7.11 Å². The van der Waals surface area contributed by atoms with Crippen molar-refractivity contribution in [2.45, 2.75) is 12.0 Å². The lowest BCUT2D eigenvalue weighted by molar-refractivity contribution is 0.0760. The normalized spacial score (nSPS) is 15.9.